The van der Waals surface area contributed by atoms with Crippen LogP contribution in [0, 0.1) is 0 Å². The zero-order chi connectivity index (χ0) is 7.94. The van der Waals surface area contributed by atoms with Gasteiger partial charge in [-0.25, -0.2) is 0 Å². The molecule has 0 N–H and O–H groups in total. The van der Waals surface area contributed by atoms with Gasteiger partial charge in [-0.15, -0.1) is 0 Å². The molecule has 1 fully saturated rings. The van der Waals surface area contributed by atoms with E-state index in [0.29, 0.717) is 0 Å². The van der Waals surface area contributed by atoms with Crippen molar-refractivity contribution in [1.82, 2.24) is 0 Å². The Morgan fingerprint density at radius 2 is 1.73 bits per heavy atom. The number of hydrogen-bond donors (Lipinski definition) is 0. The topological polar surface area (TPSA) is 0 Å². The first kappa shape index (κ1) is 9.31. The fourth-order valence-corrected chi connectivity index (χ4v) is 5.62. The van der Waals surface area contributed by atoms with Crippen LogP contribution in [0.25, 0.3) is 0 Å². The standard InChI is InChI=1S/C10H22Si/c1-2-3-5-8-11-9-6-4-7-10-11/h11H,2-10H2,1H3. The van der Waals surface area contributed by atoms with Crippen molar-refractivity contribution in [3.63, 3.8) is 0 Å². The molecule has 1 saturated heterocycles. The fraction of sp³-hybridized carbons (Fsp3) is 1.00. The lowest BCUT2D eigenvalue weighted by molar-refractivity contribution is 0.703. The molecule has 1 heterocycles. The van der Waals surface area contributed by atoms with Gasteiger partial charge in [0.05, 0.1) is 0 Å². The third kappa shape index (κ3) is 3.95. The Balaban J connectivity index is 1.96. The van der Waals surface area contributed by atoms with Gasteiger partial charge in [0.1, 0.15) is 0 Å². The normalized spacial score (nSPS) is 20.5. The summed E-state index contributed by atoms with van der Waals surface area (Å²) in [6, 6.07) is 5.00. The summed E-state index contributed by atoms with van der Waals surface area (Å²) in [6.45, 7) is 2.31. The lowest BCUT2D eigenvalue weighted by Gasteiger charge is -2.19. The van der Waals surface area contributed by atoms with Crippen LogP contribution in [-0.4, -0.2) is 8.80 Å². The van der Waals surface area contributed by atoms with Crippen molar-refractivity contribution in [2.45, 2.75) is 63.6 Å². The maximum atomic E-state index is 2.31. The van der Waals surface area contributed by atoms with Crippen molar-refractivity contribution in [2.24, 2.45) is 0 Å². The Hall–Kier alpha value is 0.217. The average molecular weight is 170 g/mol. The molecule has 0 radical (unpaired) electrons. The summed E-state index contributed by atoms with van der Waals surface area (Å²) in [5, 5.41) is 0. The van der Waals surface area contributed by atoms with E-state index in [9.17, 15) is 0 Å². The Labute approximate surface area is 73.0 Å². The van der Waals surface area contributed by atoms with Crippen LogP contribution in [0.4, 0.5) is 0 Å². The molecule has 0 aliphatic carbocycles. The molecule has 0 unspecified atom stereocenters. The van der Waals surface area contributed by atoms with Crippen molar-refractivity contribution < 1.29 is 0 Å². The third-order valence-corrected chi connectivity index (χ3v) is 6.61. The van der Waals surface area contributed by atoms with E-state index >= 15 is 0 Å². The molecule has 0 bridgehead atoms. The Kier molecular flexibility index (Phi) is 4.92. The number of rotatable bonds is 4. The zero-order valence-corrected chi connectivity index (χ0v) is 9.10. The highest BCUT2D eigenvalue weighted by atomic mass is 28.3. The van der Waals surface area contributed by atoms with Gasteiger partial charge in [0.2, 0.25) is 0 Å². The molecule has 0 aromatic carbocycles. The molecule has 0 aromatic heterocycles. The molecule has 11 heavy (non-hydrogen) atoms. The molecule has 1 aliphatic heterocycles. The predicted octanol–water partition coefficient (Wildman–Crippen LogP) is 3.59. The van der Waals surface area contributed by atoms with Gasteiger partial charge in [-0.05, 0) is 0 Å². The van der Waals surface area contributed by atoms with Crippen LogP contribution in [0.15, 0.2) is 0 Å². The Morgan fingerprint density at radius 3 is 2.36 bits per heavy atom. The van der Waals surface area contributed by atoms with Crippen molar-refractivity contribution in [1.29, 1.82) is 0 Å². The highest BCUT2D eigenvalue weighted by Crippen LogP contribution is 2.22. The largest absolute Gasteiger partial charge is 0.0654 e. The summed E-state index contributed by atoms with van der Waals surface area (Å²) in [5.41, 5.74) is 0. The van der Waals surface area contributed by atoms with Crippen molar-refractivity contribution in [3.8, 4) is 0 Å². The first-order valence-corrected chi connectivity index (χ1v) is 7.88. The Bertz CT molecular complexity index is 84.9. The van der Waals surface area contributed by atoms with E-state index in [1.165, 1.54) is 19.3 Å². The second-order valence-corrected chi connectivity index (χ2v) is 7.46. The summed E-state index contributed by atoms with van der Waals surface area (Å²) in [4.78, 5) is 0. The maximum absolute atomic E-state index is 2.31. The molecule has 1 rings (SSSR count). The van der Waals surface area contributed by atoms with Crippen molar-refractivity contribution in [2.75, 3.05) is 0 Å². The smallest absolute Gasteiger partial charge is 0.0367 e. The average Bonchev–Trinajstić information content (AvgIpc) is 2.07. The van der Waals surface area contributed by atoms with E-state index in [1.807, 2.05) is 0 Å². The summed E-state index contributed by atoms with van der Waals surface area (Å²) in [5.74, 6) is 0. The van der Waals surface area contributed by atoms with E-state index in [1.54, 1.807) is 37.4 Å². The molecular weight excluding hydrogens is 148 g/mol. The van der Waals surface area contributed by atoms with E-state index in [4.69, 9.17) is 0 Å². The van der Waals surface area contributed by atoms with Gasteiger partial charge >= 0.3 is 0 Å². The van der Waals surface area contributed by atoms with Crippen LogP contribution < -0.4 is 0 Å². The third-order valence-electron chi connectivity index (χ3n) is 2.94. The Morgan fingerprint density at radius 1 is 1.00 bits per heavy atom. The van der Waals surface area contributed by atoms with Crippen LogP contribution in [-0.2, 0) is 0 Å². The van der Waals surface area contributed by atoms with Crippen LogP contribution in [0.2, 0.25) is 18.1 Å². The highest BCUT2D eigenvalue weighted by Gasteiger charge is 2.13. The van der Waals surface area contributed by atoms with Gasteiger partial charge in [-0.3, -0.25) is 0 Å². The molecular formula is C10H22Si. The first-order chi connectivity index (χ1) is 5.43. The second-order valence-electron chi connectivity index (χ2n) is 4.00. The quantitative estimate of drug-likeness (QED) is 0.447. The highest BCUT2D eigenvalue weighted by molar-refractivity contribution is 6.58. The van der Waals surface area contributed by atoms with Crippen LogP contribution in [0.3, 0.4) is 0 Å². The van der Waals surface area contributed by atoms with Gasteiger partial charge in [0.25, 0.3) is 0 Å². The minimum atomic E-state index is -0.158. The monoisotopic (exact) mass is 170 g/mol. The lowest BCUT2D eigenvalue weighted by Crippen LogP contribution is -2.15. The van der Waals surface area contributed by atoms with Crippen LogP contribution >= 0.6 is 0 Å². The van der Waals surface area contributed by atoms with Gasteiger partial charge in [0.15, 0.2) is 0 Å². The lowest BCUT2D eigenvalue weighted by atomic mass is 10.3. The zero-order valence-electron chi connectivity index (χ0n) is 7.94. The van der Waals surface area contributed by atoms with Gasteiger partial charge in [-0.2, -0.15) is 0 Å². The van der Waals surface area contributed by atoms with E-state index < -0.39 is 0 Å². The van der Waals surface area contributed by atoms with Crippen LogP contribution in [0.1, 0.15) is 45.4 Å². The van der Waals surface area contributed by atoms with Gasteiger partial charge in [-0.1, -0.05) is 63.6 Å². The van der Waals surface area contributed by atoms with Gasteiger partial charge in [0, 0.05) is 8.80 Å². The minimum absolute atomic E-state index is 0.158. The molecule has 0 spiro atoms. The second kappa shape index (κ2) is 5.82. The summed E-state index contributed by atoms with van der Waals surface area (Å²) in [6.07, 6.45) is 9.13. The molecule has 66 valence electrons. The first-order valence-electron chi connectivity index (χ1n) is 5.43. The summed E-state index contributed by atoms with van der Waals surface area (Å²) < 4.78 is 0. The number of unbranched alkanes of at least 4 members (excludes halogenated alkanes) is 2. The van der Waals surface area contributed by atoms with E-state index in [0.717, 1.165) is 0 Å². The van der Waals surface area contributed by atoms with Crippen molar-refractivity contribution in [3.05, 3.63) is 0 Å². The summed E-state index contributed by atoms with van der Waals surface area (Å²) >= 11 is 0. The molecule has 1 aliphatic rings. The van der Waals surface area contributed by atoms with E-state index in [2.05, 4.69) is 6.92 Å². The molecule has 0 amide bonds. The van der Waals surface area contributed by atoms with Crippen LogP contribution in [0.5, 0.6) is 0 Å². The molecule has 0 nitrogen and oxygen atoms in total. The SMILES string of the molecule is CCCCC[SiH]1CCCCC1. The number of hydrogen-bond acceptors (Lipinski definition) is 0. The molecule has 0 aromatic rings. The van der Waals surface area contributed by atoms with E-state index in [-0.39, 0.29) is 8.80 Å². The molecule has 0 atom stereocenters. The van der Waals surface area contributed by atoms with Crippen molar-refractivity contribution >= 4 is 8.80 Å². The molecule has 1 heteroatoms. The molecule has 0 saturated carbocycles. The maximum Gasteiger partial charge on any atom is 0.0367 e. The minimum Gasteiger partial charge on any atom is -0.0654 e. The fourth-order valence-electron chi connectivity index (χ4n) is 2.16. The van der Waals surface area contributed by atoms with Gasteiger partial charge < -0.3 is 0 Å². The summed E-state index contributed by atoms with van der Waals surface area (Å²) in [7, 11) is -0.158. The predicted molar refractivity (Wildman–Crippen MR) is 54.9 cm³/mol.